The van der Waals surface area contributed by atoms with Crippen LogP contribution in [-0.4, -0.2) is 36.5 Å². The molecule has 0 aliphatic heterocycles. The fraction of sp³-hybridized carbons (Fsp3) is 0.560. The fourth-order valence-electron chi connectivity index (χ4n) is 3.98. The molecule has 3 N–H and O–H groups in total. The van der Waals surface area contributed by atoms with Crippen LogP contribution in [0.3, 0.4) is 0 Å². The van der Waals surface area contributed by atoms with E-state index < -0.39 is 6.04 Å². The summed E-state index contributed by atoms with van der Waals surface area (Å²) in [7, 11) is 0. The molecular weight excluding hydrogens is 358 g/mol. The Morgan fingerprint density at radius 1 is 0.966 bits per heavy atom. The summed E-state index contributed by atoms with van der Waals surface area (Å²) in [5, 5.41) is 5.47. The lowest BCUT2D eigenvalue weighted by Crippen LogP contribution is -2.42. The van der Waals surface area contributed by atoms with E-state index in [-0.39, 0.29) is 11.9 Å². The number of nitrogens with one attached hydrogen (secondary N) is 1. The molecule has 1 amide bonds. The summed E-state index contributed by atoms with van der Waals surface area (Å²) < 4.78 is 0. The maximum absolute atomic E-state index is 12.6. The van der Waals surface area contributed by atoms with Crippen molar-refractivity contribution in [3.8, 4) is 0 Å². The largest absolute Gasteiger partial charge is 0.348 e. The molecule has 29 heavy (non-hydrogen) atoms. The molecule has 0 heterocycles. The Kier molecular flexibility index (Phi) is 9.12. The zero-order chi connectivity index (χ0) is 21.4. The molecule has 0 bridgehead atoms. The van der Waals surface area contributed by atoms with E-state index in [4.69, 9.17) is 5.73 Å². The quantitative estimate of drug-likeness (QED) is 0.576. The second kappa shape index (κ2) is 11.3. The van der Waals surface area contributed by atoms with E-state index in [2.05, 4.69) is 62.2 Å². The number of rotatable bonds is 11. The zero-order valence-electron chi connectivity index (χ0n) is 18.8. The SMILES string of the molecule is CC(C)CN(CCC[C@H](N)C(=O)N[C@@H](C)c1cccc2ccccc12)CC(C)C. The highest BCUT2D eigenvalue weighted by Crippen LogP contribution is 2.24. The van der Waals surface area contributed by atoms with Gasteiger partial charge in [0.15, 0.2) is 0 Å². The molecule has 0 unspecified atom stereocenters. The molecule has 4 heteroatoms. The van der Waals surface area contributed by atoms with Gasteiger partial charge in [0.05, 0.1) is 12.1 Å². The van der Waals surface area contributed by atoms with Gasteiger partial charge in [-0.3, -0.25) is 4.79 Å². The lowest BCUT2D eigenvalue weighted by Gasteiger charge is -2.26. The van der Waals surface area contributed by atoms with Crippen LogP contribution in [0.1, 0.15) is 59.1 Å². The number of nitrogens with zero attached hydrogens (tertiary/aromatic N) is 1. The fourth-order valence-corrected chi connectivity index (χ4v) is 3.98. The van der Waals surface area contributed by atoms with E-state index in [0.717, 1.165) is 31.6 Å². The van der Waals surface area contributed by atoms with Gasteiger partial charge in [0.2, 0.25) is 5.91 Å². The molecule has 160 valence electrons. The predicted octanol–water partition coefficient (Wildman–Crippen LogP) is 4.74. The number of fused-ring (bicyclic) bond motifs is 1. The third-order valence-electron chi connectivity index (χ3n) is 5.22. The van der Waals surface area contributed by atoms with Gasteiger partial charge >= 0.3 is 0 Å². The van der Waals surface area contributed by atoms with Gasteiger partial charge in [0.1, 0.15) is 0 Å². The number of nitrogens with two attached hydrogens (primary N) is 1. The van der Waals surface area contributed by atoms with E-state index >= 15 is 0 Å². The van der Waals surface area contributed by atoms with Crippen LogP contribution in [0.15, 0.2) is 42.5 Å². The Morgan fingerprint density at radius 3 is 2.24 bits per heavy atom. The van der Waals surface area contributed by atoms with Crippen molar-refractivity contribution in [1.82, 2.24) is 10.2 Å². The first-order valence-corrected chi connectivity index (χ1v) is 11.0. The molecule has 0 saturated heterocycles. The molecule has 0 aliphatic rings. The predicted molar refractivity (Wildman–Crippen MR) is 124 cm³/mol. The van der Waals surface area contributed by atoms with Gasteiger partial charge in [-0.15, -0.1) is 0 Å². The molecule has 4 nitrogen and oxygen atoms in total. The summed E-state index contributed by atoms with van der Waals surface area (Å²) in [6.07, 6.45) is 1.65. The van der Waals surface area contributed by atoms with E-state index in [1.165, 1.54) is 10.8 Å². The highest BCUT2D eigenvalue weighted by atomic mass is 16.2. The van der Waals surface area contributed by atoms with Gasteiger partial charge in [-0.05, 0) is 54.5 Å². The van der Waals surface area contributed by atoms with Crippen molar-refractivity contribution in [2.45, 2.75) is 59.5 Å². The summed E-state index contributed by atoms with van der Waals surface area (Å²) in [4.78, 5) is 15.1. The summed E-state index contributed by atoms with van der Waals surface area (Å²) in [5.74, 6) is 1.23. The molecule has 0 aliphatic carbocycles. The maximum atomic E-state index is 12.6. The van der Waals surface area contributed by atoms with Gasteiger partial charge in [-0.2, -0.15) is 0 Å². The second-order valence-electron chi connectivity index (χ2n) is 9.09. The Balaban J connectivity index is 1.88. The normalized spacial score (nSPS) is 14.0. The van der Waals surface area contributed by atoms with E-state index in [1.54, 1.807) is 0 Å². The molecule has 0 fully saturated rings. The van der Waals surface area contributed by atoms with E-state index in [9.17, 15) is 4.79 Å². The monoisotopic (exact) mass is 397 g/mol. The van der Waals surface area contributed by atoms with Crippen molar-refractivity contribution < 1.29 is 4.79 Å². The van der Waals surface area contributed by atoms with Crippen LogP contribution < -0.4 is 11.1 Å². The smallest absolute Gasteiger partial charge is 0.237 e. The average molecular weight is 398 g/mol. The van der Waals surface area contributed by atoms with Gasteiger partial charge in [0, 0.05) is 13.1 Å². The molecule has 0 aromatic heterocycles. The molecule has 0 saturated carbocycles. The first-order chi connectivity index (χ1) is 13.8. The molecule has 2 atom stereocenters. The highest BCUT2D eigenvalue weighted by Gasteiger charge is 2.18. The van der Waals surface area contributed by atoms with Crippen LogP contribution in [0.4, 0.5) is 0 Å². The maximum Gasteiger partial charge on any atom is 0.237 e. The minimum Gasteiger partial charge on any atom is -0.348 e. The minimum atomic E-state index is -0.465. The third-order valence-corrected chi connectivity index (χ3v) is 5.22. The van der Waals surface area contributed by atoms with Gasteiger partial charge in [-0.1, -0.05) is 70.2 Å². The number of hydrogen-bond acceptors (Lipinski definition) is 3. The van der Waals surface area contributed by atoms with Crippen LogP contribution in [0.25, 0.3) is 10.8 Å². The molecule has 0 spiro atoms. The lowest BCUT2D eigenvalue weighted by molar-refractivity contribution is -0.123. The first kappa shape index (κ1) is 23.4. The average Bonchev–Trinajstić information content (AvgIpc) is 2.66. The lowest BCUT2D eigenvalue weighted by atomic mass is 9.99. The van der Waals surface area contributed by atoms with Crippen LogP contribution in [0, 0.1) is 11.8 Å². The molecule has 2 aromatic carbocycles. The topological polar surface area (TPSA) is 58.4 Å². The number of hydrogen-bond donors (Lipinski definition) is 2. The van der Waals surface area contributed by atoms with Crippen molar-refractivity contribution in [1.29, 1.82) is 0 Å². The Morgan fingerprint density at radius 2 is 1.59 bits per heavy atom. The van der Waals surface area contributed by atoms with Crippen molar-refractivity contribution in [3.63, 3.8) is 0 Å². The Bertz CT molecular complexity index is 756. The van der Waals surface area contributed by atoms with Gasteiger partial charge < -0.3 is 16.0 Å². The van der Waals surface area contributed by atoms with Crippen LogP contribution in [-0.2, 0) is 4.79 Å². The molecule has 2 rings (SSSR count). The number of benzene rings is 2. The summed E-state index contributed by atoms with van der Waals surface area (Å²) in [6.45, 7) is 14.2. The standard InChI is InChI=1S/C25H39N3O/c1-18(2)16-28(17-19(3)4)15-9-14-24(26)25(29)27-20(5)22-13-8-11-21-10-6-7-12-23(21)22/h6-8,10-13,18-20,24H,9,14-17,26H2,1-5H3,(H,27,29)/t20-,24-/m0/s1. The van der Waals surface area contributed by atoms with Crippen molar-refractivity contribution in [3.05, 3.63) is 48.0 Å². The number of carbonyl (C=O) groups excluding carboxylic acids is 1. The third kappa shape index (κ3) is 7.45. The van der Waals surface area contributed by atoms with Crippen molar-refractivity contribution in [2.24, 2.45) is 17.6 Å². The molecule has 0 radical (unpaired) electrons. The second-order valence-corrected chi connectivity index (χ2v) is 9.09. The molecular formula is C25H39N3O. The summed E-state index contributed by atoms with van der Waals surface area (Å²) in [5.41, 5.74) is 7.34. The molecule has 2 aromatic rings. The van der Waals surface area contributed by atoms with E-state index in [0.29, 0.717) is 18.3 Å². The highest BCUT2D eigenvalue weighted by molar-refractivity contribution is 5.87. The van der Waals surface area contributed by atoms with Gasteiger partial charge in [0.25, 0.3) is 0 Å². The Hall–Kier alpha value is -1.91. The van der Waals surface area contributed by atoms with Crippen LogP contribution in [0.2, 0.25) is 0 Å². The van der Waals surface area contributed by atoms with Crippen molar-refractivity contribution >= 4 is 16.7 Å². The zero-order valence-corrected chi connectivity index (χ0v) is 18.8. The number of carbonyl (C=O) groups is 1. The summed E-state index contributed by atoms with van der Waals surface area (Å²) in [6, 6.07) is 13.9. The Labute approximate surface area is 176 Å². The van der Waals surface area contributed by atoms with E-state index in [1.807, 2.05) is 25.1 Å². The first-order valence-electron chi connectivity index (χ1n) is 11.0. The van der Waals surface area contributed by atoms with Crippen molar-refractivity contribution in [2.75, 3.05) is 19.6 Å². The number of amides is 1. The van der Waals surface area contributed by atoms with Crippen LogP contribution in [0.5, 0.6) is 0 Å². The van der Waals surface area contributed by atoms with Crippen LogP contribution >= 0.6 is 0 Å². The van der Waals surface area contributed by atoms with Gasteiger partial charge in [-0.25, -0.2) is 0 Å². The summed E-state index contributed by atoms with van der Waals surface area (Å²) >= 11 is 0. The minimum absolute atomic E-state index is 0.0651.